The Labute approximate surface area is 165 Å². The van der Waals surface area contributed by atoms with Gasteiger partial charge in [-0.25, -0.2) is 0 Å². The van der Waals surface area contributed by atoms with Crippen LogP contribution in [0.5, 0.6) is 0 Å². The van der Waals surface area contributed by atoms with Crippen molar-refractivity contribution in [3.8, 4) is 0 Å². The minimum atomic E-state index is -2.00. The Bertz CT molecular complexity index is 342. The molecule has 1 aliphatic heterocycles. The Kier molecular flexibility index (Phi) is 13.6. The van der Waals surface area contributed by atoms with Crippen LogP contribution in [0, 0.1) is 0 Å². The van der Waals surface area contributed by atoms with Crippen molar-refractivity contribution >= 4 is 5.97 Å². The van der Waals surface area contributed by atoms with Crippen LogP contribution in [0.4, 0.5) is 0 Å². The number of aliphatic carboxylic acids is 1. The fraction of sp³-hybridized carbons (Fsp3) is 0.938. The SMILES string of the molecule is CCCCCCCCCCO[C@@H]1O[C@@H]([C@H](O)C(=O)[O-])[C@H](O)[C@H]1O.[Na+]. The molecule has 0 unspecified atom stereocenters. The van der Waals surface area contributed by atoms with E-state index in [4.69, 9.17) is 9.47 Å². The first-order chi connectivity index (χ1) is 11.0. The Balaban J connectivity index is 0.00000529. The molecule has 8 heteroatoms. The first-order valence-corrected chi connectivity index (χ1v) is 8.51. The summed E-state index contributed by atoms with van der Waals surface area (Å²) in [6, 6.07) is 0. The number of aliphatic hydroxyl groups excluding tert-OH is 3. The maximum Gasteiger partial charge on any atom is 1.00 e. The fourth-order valence-electron chi connectivity index (χ4n) is 2.64. The van der Waals surface area contributed by atoms with Gasteiger partial charge in [0, 0.05) is 6.61 Å². The molecule has 1 saturated heterocycles. The molecule has 0 saturated carbocycles. The molecule has 1 fully saturated rings. The molecule has 24 heavy (non-hydrogen) atoms. The first-order valence-electron chi connectivity index (χ1n) is 8.51. The van der Waals surface area contributed by atoms with Crippen LogP contribution in [0.1, 0.15) is 58.3 Å². The van der Waals surface area contributed by atoms with E-state index >= 15 is 0 Å². The molecule has 3 N–H and O–H groups in total. The molecule has 0 aromatic carbocycles. The fourth-order valence-corrected chi connectivity index (χ4v) is 2.64. The number of ether oxygens (including phenoxy) is 2. The second kappa shape index (κ2) is 13.5. The summed E-state index contributed by atoms with van der Waals surface area (Å²) in [6.45, 7) is 2.53. The molecule has 0 amide bonds. The molecular weight excluding hydrogens is 327 g/mol. The van der Waals surface area contributed by atoms with Gasteiger partial charge in [0.25, 0.3) is 0 Å². The smallest absolute Gasteiger partial charge is 0.547 e. The van der Waals surface area contributed by atoms with E-state index in [1.54, 1.807) is 0 Å². The van der Waals surface area contributed by atoms with E-state index in [9.17, 15) is 25.2 Å². The van der Waals surface area contributed by atoms with Crippen molar-refractivity contribution in [2.45, 2.75) is 89.0 Å². The minimum Gasteiger partial charge on any atom is -0.547 e. The standard InChI is InChI=1S/C16H30O7.Na/c1-2-3-4-5-6-7-8-9-10-22-16-12(18)11(17)14(23-16)13(19)15(20)21;/h11-14,16-19H,2-10H2,1H3,(H,20,21);/q;+1/p-1/t11-,12-,13+,14-,16-;/m1./s1. The van der Waals surface area contributed by atoms with Gasteiger partial charge in [-0.1, -0.05) is 51.9 Å². The Morgan fingerprint density at radius 2 is 1.62 bits per heavy atom. The van der Waals surface area contributed by atoms with E-state index in [-0.39, 0.29) is 29.6 Å². The number of unbranched alkanes of at least 4 members (excludes halogenated alkanes) is 7. The summed E-state index contributed by atoms with van der Waals surface area (Å²) in [6.07, 6.45) is 1.66. The van der Waals surface area contributed by atoms with E-state index in [0.717, 1.165) is 19.3 Å². The predicted octanol–water partition coefficient (Wildman–Crippen LogP) is -3.29. The van der Waals surface area contributed by atoms with Gasteiger partial charge in [0.15, 0.2) is 6.29 Å². The van der Waals surface area contributed by atoms with Crippen LogP contribution < -0.4 is 34.7 Å². The molecule has 136 valence electrons. The number of hydrogen-bond donors (Lipinski definition) is 3. The topological polar surface area (TPSA) is 119 Å². The van der Waals surface area contributed by atoms with Crippen molar-refractivity contribution in [3.05, 3.63) is 0 Å². The van der Waals surface area contributed by atoms with Crippen molar-refractivity contribution in [2.75, 3.05) is 6.61 Å². The zero-order valence-corrected chi connectivity index (χ0v) is 16.7. The normalized spacial score (nSPS) is 27.7. The van der Waals surface area contributed by atoms with E-state index < -0.39 is 36.7 Å². The van der Waals surface area contributed by atoms with Crippen LogP contribution in [0.3, 0.4) is 0 Å². The van der Waals surface area contributed by atoms with Gasteiger partial charge in [-0.3, -0.25) is 0 Å². The molecule has 7 nitrogen and oxygen atoms in total. The number of carbonyl (C=O) groups excluding carboxylic acids is 1. The zero-order chi connectivity index (χ0) is 17.2. The summed E-state index contributed by atoms with van der Waals surface area (Å²) < 4.78 is 10.4. The number of aliphatic hydroxyl groups is 3. The average molecular weight is 356 g/mol. The largest absolute Gasteiger partial charge is 1.00 e. The second-order valence-corrected chi connectivity index (χ2v) is 6.06. The van der Waals surface area contributed by atoms with Crippen LogP contribution in [0.25, 0.3) is 0 Å². The molecule has 0 aromatic rings. The van der Waals surface area contributed by atoms with E-state index in [1.165, 1.54) is 32.1 Å². The number of carboxylic acids is 1. The third kappa shape index (κ3) is 8.10. The third-order valence-corrected chi connectivity index (χ3v) is 4.09. The van der Waals surface area contributed by atoms with Crippen LogP contribution in [0.2, 0.25) is 0 Å². The summed E-state index contributed by atoms with van der Waals surface area (Å²) in [5, 5.41) is 39.4. The number of hydrogen-bond acceptors (Lipinski definition) is 7. The summed E-state index contributed by atoms with van der Waals surface area (Å²) in [5.74, 6) is -1.76. The molecule has 0 bridgehead atoms. The average Bonchev–Trinajstić information content (AvgIpc) is 2.80. The van der Waals surface area contributed by atoms with Crippen molar-refractivity contribution in [1.82, 2.24) is 0 Å². The van der Waals surface area contributed by atoms with Gasteiger partial charge < -0.3 is 34.7 Å². The van der Waals surface area contributed by atoms with Gasteiger partial charge in [0.2, 0.25) is 0 Å². The monoisotopic (exact) mass is 356 g/mol. The molecule has 0 aromatic heterocycles. The van der Waals surface area contributed by atoms with Crippen molar-refractivity contribution in [3.63, 3.8) is 0 Å². The van der Waals surface area contributed by atoms with E-state index in [0.29, 0.717) is 6.61 Å². The zero-order valence-electron chi connectivity index (χ0n) is 14.7. The van der Waals surface area contributed by atoms with Gasteiger partial charge in [-0.15, -0.1) is 0 Å². The number of carboxylic acid groups (broad SMARTS) is 1. The Morgan fingerprint density at radius 1 is 1.08 bits per heavy atom. The van der Waals surface area contributed by atoms with Gasteiger partial charge in [0.1, 0.15) is 24.4 Å². The second-order valence-electron chi connectivity index (χ2n) is 6.06. The molecule has 1 aliphatic rings. The van der Waals surface area contributed by atoms with Crippen molar-refractivity contribution in [1.29, 1.82) is 0 Å². The molecule has 5 atom stereocenters. The quantitative estimate of drug-likeness (QED) is 0.248. The molecule has 0 aliphatic carbocycles. The number of carbonyl (C=O) groups is 1. The maximum absolute atomic E-state index is 10.6. The third-order valence-electron chi connectivity index (χ3n) is 4.09. The molecular formula is C16H29NaO7. The summed E-state index contributed by atoms with van der Waals surface area (Å²) in [7, 11) is 0. The maximum atomic E-state index is 10.6. The molecule has 0 radical (unpaired) electrons. The van der Waals surface area contributed by atoms with Crippen LogP contribution in [0.15, 0.2) is 0 Å². The van der Waals surface area contributed by atoms with Gasteiger partial charge in [-0.05, 0) is 6.42 Å². The first kappa shape index (κ1) is 24.3. The van der Waals surface area contributed by atoms with Crippen LogP contribution in [-0.2, 0) is 14.3 Å². The Morgan fingerprint density at radius 3 is 2.17 bits per heavy atom. The Hall–Kier alpha value is 0.270. The number of rotatable bonds is 12. The predicted molar refractivity (Wildman–Crippen MR) is 80.3 cm³/mol. The van der Waals surface area contributed by atoms with Crippen molar-refractivity contribution in [2.24, 2.45) is 0 Å². The van der Waals surface area contributed by atoms with Crippen LogP contribution in [-0.4, -0.2) is 58.6 Å². The van der Waals surface area contributed by atoms with Gasteiger partial charge in [-0.2, -0.15) is 0 Å². The van der Waals surface area contributed by atoms with Gasteiger partial charge in [0.05, 0.1) is 5.97 Å². The molecule has 1 heterocycles. The van der Waals surface area contributed by atoms with Crippen LogP contribution >= 0.6 is 0 Å². The summed E-state index contributed by atoms with van der Waals surface area (Å²) in [5.41, 5.74) is 0. The van der Waals surface area contributed by atoms with E-state index in [1.807, 2.05) is 0 Å². The molecule has 0 spiro atoms. The molecule has 1 rings (SSSR count). The van der Waals surface area contributed by atoms with Gasteiger partial charge >= 0.3 is 29.6 Å². The van der Waals surface area contributed by atoms with E-state index in [2.05, 4.69) is 6.92 Å². The minimum absolute atomic E-state index is 0. The summed E-state index contributed by atoms with van der Waals surface area (Å²) >= 11 is 0. The van der Waals surface area contributed by atoms with Crippen molar-refractivity contribution < 1.29 is 64.3 Å². The summed E-state index contributed by atoms with van der Waals surface area (Å²) in [4.78, 5) is 10.6.